The number of hydrogen-bond acceptors (Lipinski definition) is 3. The van der Waals surface area contributed by atoms with E-state index in [-0.39, 0.29) is 11.5 Å². The Labute approximate surface area is 110 Å². The fraction of sp³-hybridized carbons (Fsp3) is 0.308. The molecule has 0 aliphatic carbocycles. The zero-order chi connectivity index (χ0) is 13.8. The van der Waals surface area contributed by atoms with Crippen molar-refractivity contribution in [1.82, 2.24) is 20.1 Å². The minimum atomic E-state index is -0.664. The first-order valence-electron chi connectivity index (χ1n) is 6.01. The first kappa shape index (κ1) is 13.2. The molecule has 0 radical (unpaired) electrons. The molecule has 0 saturated carbocycles. The van der Waals surface area contributed by atoms with E-state index in [2.05, 4.69) is 15.4 Å². The summed E-state index contributed by atoms with van der Waals surface area (Å²) < 4.78 is 14.6. The summed E-state index contributed by atoms with van der Waals surface area (Å²) in [5, 5.41) is 7.03. The van der Waals surface area contributed by atoms with Gasteiger partial charge in [0.1, 0.15) is 0 Å². The quantitative estimate of drug-likeness (QED) is 0.848. The van der Waals surface area contributed by atoms with Crippen LogP contribution in [0.5, 0.6) is 0 Å². The molecule has 19 heavy (non-hydrogen) atoms. The molecule has 0 fully saturated rings. The number of nitrogens with one attached hydrogen (secondary N) is 1. The van der Waals surface area contributed by atoms with Crippen LogP contribution in [0.2, 0.25) is 0 Å². The molecule has 2 rings (SSSR count). The Morgan fingerprint density at radius 2 is 2.32 bits per heavy atom. The molecule has 2 aromatic heterocycles. The Morgan fingerprint density at radius 1 is 1.53 bits per heavy atom. The number of pyridine rings is 1. The van der Waals surface area contributed by atoms with Crippen LogP contribution in [-0.4, -0.2) is 20.7 Å². The van der Waals surface area contributed by atoms with Gasteiger partial charge in [0, 0.05) is 43.2 Å². The second kappa shape index (κ2) is 5.60. The van der Waals surface area contributed by atoms with Crippen molar-refractivity contribution in [1.29, 1.82) is 0 Å². The third-order valence-corrected chi connectivity index (χ3v) is 2.75. The van der Waals surface area contributed by atoms with Gasteiger partial charge in [0.15, 0.2) is 0 Å². The van der Waals surface area contributed by atoms with Crippen molar-refractivity contribution >= 4 is 5.91 Å². The summed E-state index contributed by atoms with van der Waals surface area (Å²) >= 11 is 0. The van der Waals surface area contributed by atoms with Crippen LogP contribution >= 0.6 is 0 Å². The smallest absolute Gasteiger partial charge is 0.251 e. The van der Waals surface area contributed by atoms with Gasteiger partial charge in [-0.1, -0.05) is 6.92 Å². The van der Waals surface area contributed by atoms with Crippen LogP contribution in [-0.2, 0) is 20.0 Å². The maximum Gasteiger partial charge on any atom is 0.251 e. The molecule has 0 aliphatic rings. The fourth-order valence-electron chi connectivity index (χ4n) is 1.85. The van der Waals surface area contributed by atoms with Crippen molar-refractivity contribution in [2.45, 2.75) is 19.9 Å². The predicted molar refractivity (Wildman–Crippen MR) is 68.0 cm³/mol. The molecule has 0 spiro atoms. The Balaban J connectivity index is 2.04. The number of carbonyl (C=O) groups is 1. The van der Waals surface area contributed by atoms with E-state index < -0.39 is 5.95 Å². The second-order valence-corrected chi connectivity index (χ2v) is 4.18. The van der Waals surface area contributed by atoms with Crippen LogP contribution in [0.25, 0.3) is 0 Å². The number of halogens is 1. The van der Waals surface area contributed by atoms with Crippen molar-refractivity contribution in [3.63, 3.8) is 0 Å². The van der Waals surface area contributed by atoms with Crippen LogP contribution < -0.4 is 5.32 Å². The molecule has 6 heteroatoms. The van der Waals surface area contributed by atoms with Crippen molar-refractivity contribution in [3.05, 3.63) is 47.3 Å². The van der Waals surface area contributed by atoms with E-state index in [0.29, 0.717) is 6.54 Å². The maximum atomic E-state index is 12.9. The highest BCUT2D eigenvalue weighted by atomic mass is 19.1. The topological polar surface area (TPSA) is 59.8 Å². The maximum absolute atomic E-state index is 12.9. The molecule has 1 N–H and O–H groups in total. The van der Waals surface area contributed by atoms with Gasteiger partial charge < -0.3 is 5.32 Å². The van der Waals surface area contributed by atoms with E-state index in [4.69, 9.17) is 0 Å². The first-order chi connectivity index (χ1) is 9.10. The summed E-state index contributed by atoms with van der Waals surface area (Å²) in [5.41, 5.74) is 2.17. The molecule has 1 amide bonds. The lowest BCUT2D eigenvalue weighted by Crippen LogP contribution is -2.23. The number of aryl methyl sites for hydroxylation is 2. The molecule has 0 aliphatic heterocycles. The lowest BCUT2D eigenvalue weighted by atomic mass is 10.2. The van der Waals surface area contributed by atoms with Crippen LogP contribution in [0, 0.1) is 5.95 Å². The van der Waals surface area contributed by atoms with Gasteiger partial charge >= 0.3 is 0 Å². The number of nitrogens with zero attached hydrogens (tertiary/aromatic N) is 3. The van der Waals surface area contributed by atoms with Gasteiger partial charge in [-0.25, -0.2) is 4.98 Å². The second-order valence-electron chi connectivity index (χ2n) is 4.18. The fourth-order valence-corrected chi connectivity index (χ4v) is 1.85. The molecule has 0 atom stereocenters. The molecule has 0 aromatic carbocycles. The molecule has 0 saturated heterocycles. The van der Waals surface area contributed by atoms with Crippen LogP contribution in [0.4, 0.5) is 4.39 Å². The van der Waals surface area contributed by atoms with Crippen LogP contribution in [0.15, 0.2) is 24.5 Å². The average Bonchev–Trinajstić information content (AvgIpc) is 2.76. The zero-order valence-electron chi connectivity index (χ0n) is 10.9. The van der Waals surface area contributed by atoms with E-state index in [1.165, 1.54) is 12.3 Å². The highest BCUT2D eigenvalue weighted by Gasteiger charge is 2.10. The van der Waals surface area contributed by atoms with Gasteiger partial charge in [0.05, 0.1) is 5.69 Å². The third-order valence-electron chi connectivity index (χ3n) is 2.75. The molecule has 0 unspecified atom stereocenters. The van der Waals surface area contributed by atoms with E-state index in [9.17, 15) is 9.18 Å². The van der Waals surface area contributed by atoms with E-state index in [1.54, 1.807) is 4.68 Å². The van der Waals surface area contributed by atoms with Gasteiger partial charge in [-0.05, 0) is 12.5 Å². The van der Waals surface area contributed by atoms with Gasteiger partial charge in [-0.3, -0.25) is 9.48 Å². The number of carbonyl (C=O) groups excluding carboxylic acids is 1. The molecule has 5 nitrogen and oxygen atoms in total. The summed E-state index contributed by atoms with van der Waals surface area (Å²) in [6.07, 6.45) is 3.94. The van der Waals surface area contributed by atoms with Gasteiger partial charge in [0.2, 0.25) is 5.95 Å². The van der Waals surface area contributed by atoms with Crippen molar-refractivity contribution in [2.75, 3.05) is 0 Å². The first-order valence-corrected chi connectivity index (χ1v) is 6.01. The Morgan fingerprint density at radius 3 is 3.00 bits per heavy atom. The number of amides is 1. The van der Waals surface area contributed by atoms with Crippen molar-refractivity contribution < 1.29 is 9.18 Å². The van der Waals surface area contributed by atoms with Crippen molar-refractivity contribution in [3.8, 4) is 0 Å². The lowest BCUT2D eigenvalue weighted by Gasteiger charge is -2.04. The van der Waals surface area contributed by atoms with Crippen LogP contribution in [0.3, 0.4) is 0 Å². The number of aromatic nitrogens is 3. The van der Waals surface area contributed by atoms with Gasteiger partial charge in [0.25, 0.3) is 5.91 Å². The zero-order valence-corrected chi connectivity index (χ0v) is 10.9. The highest BCUT2D eigenvalue weighted by molar-refractivity contribution is 5.93. The Kier molecular flexibility index (Phi) is 3.89. The standard InChI is InChI=1S/C13H15FN4O/c1-3-11-10(8-18(2)17-11)7-16-13(19)9-4-5-15-12(14)6-9/h4-6,8H,3,7H2,1-2H3,(H,16,19). The summed E-state index contributed by atoms with van der Waals surface area (Å²) in [4.78, 5) is 15.3. The van der Waals surface area contributed by atoms with E-state index in [1.807, 2.05) is 20.2 Å². The van der Waals surface area contributed by atoms with Gasteiger partial charge in [-0.15, -0.1) is 0 Å². The van der Waals surface area contributed by atoms with Crippen molar-refractivity contribution in [2.24, 2.45) is 7.05 Å². The summed E-state index contributed by atoms with van der Waals surface area (Å²) in [5.74, 6) is -0.990. The Hall–Kier alpha value is -2.24. The number of rotatable bonds is 4. The predicted octanol–water partition coefficient (Wildman–Crippen LogP) is 1.45. The summed E-state index contributed by atoms with van der Waals surface area (Å²) in [7, 11) is 1.84. The highest BCUT2D eigenvalue weighted by Crippen LogP contribution is 2.07. The molecule has 2 aromatic rings. The molecular formula is C13H15FN4O. The molecule has 100 valence electrons. The van der Waals surface area contributed by atoms with E-state index in [0.717, 1.165) is 23.7 Å². The minimum absolute atomic E-state index is 0.259. The Bertz CT molecular complexity index is 594. The lowest BCUT2D eigenvalue weighted by molar-refractivity contribution is 0.0950. The monoisotopic (exact) mass is 262 g/mol. The SMILES string of the molecule is CCc1nn(C)cc1CNC(=O)c1ccnc(F)c1. The average molecular weight is 262 g/mol. The van der Waals surface area contributed by atoms with Crippen LogP contribution in [0.1, 0.15) is 28.5 Å². The summed E-state index contributed by atoms with van der Waals surface area (Å²) in [6.45, 7) is 2.38. The van der Waals surface area contributed by atoms with Gasteiger partial charge in [-0.2, -0.15) is 9.49 Å². The van der Waals surface area contributed by atoms with E-state index >= 15 is 0 Å². The largest absolute Gasteiger partial charge is 0.348 e. The normalized spacial score (nSPS) is 10.5. The summed E-state index contributed by atoms with van der Waals surface area (Å²) in [6, 6.07) is 2.59. The molecule has 2 heterocycles. The molecule has 0 bridgehead atoms. The number of hydrogen-bond donors (Lipinski definition) is 1. The third kappa shape index (κ3) is 3.15. The molecular weight excluding hydrogens is 247 g/mol. The minimum Gasteiger partial charge on any atom is -0.348 e.